The van der Waals surface area contributed by atoms with Gasteiger partial charge in [0.1, 0.15) is 6.54 Å². The average molecular weight is 289 g/mol. The van der Waals surface area contributed by atoms with Crippen molar-refractivity contribution in [3.05, 3.63) is 23.7 Å². The number of hydrogen-bond donors (Lipinski definition) is 0. The highest BCUT2D eigenvalue weighted by molar-refractivity contribution is 5.97. The van der Waals surface area contributed by atoms with E-state index >= 15 is 0 Å². The van der Waals surface area contributed by atoms with E-state index in [1.54, 1.807) is 38.0 Å². The van der Waals surface area contributed by atoms with Gasteiger partial charge in [-0.25, -0.2) is 0 Å². The SMILES string of the molecule is Cc1c(C(=O)N2CC(=O)N(C)C2)nnn1-c1ccn(C)n1. The Morgan fingerprint density at radius 2 is 2.10 bits per heavy atom. The fourth-order valence-corrected chi connectivity index (χ4v) is 2.21. The number of carbonyl (C=O) groups is 2. The first-order chi connectivity index (χ1) is 9.97. The van der Waals surface area contributed by atoms with Crippen LogP contribution in [0.15, 0.2) is 12.3 Å². The minimum Gasteiger partial charge on any atom is -0.326 e. The Morgan fingerprint density at radius 1 is 1.33 bits per heavy atom. The van der Waals surface area contributed by atoms with Crippen molar-refractivity contribution in [2.75, 3.05) is 20.3 Å². The van der Waals surface area contributed by atoms with E-state index in [2.05, 4.69) is 15.4 Å². The molecule has 0 unspecified atom stereocenters. The van der Waals surface area contributed by atoms with Gasteiger partial charge in [0.25, 0.3) is 5.91 Å². The van der Waals surface area contributed by atoms with E-state index in [1.807, 2.05) is 0 Å². The summed E-state index contributed by atoms with van der Waals surface area (Å²) in [6.07, 6.45) is 1.78. The first kappa shape index (κ1) is 13.3. The normalized spacial score (nSPS) is 15.1. The van der Waals surface area contributed by atoms with Gasteiger partial charge in [-0.3, -0.25) is 14.3 Å². The molecule has 1 aliphatic rings. The van der Waals surface area contributed by atoms with Crippen LogP contribution in [0.3, 0.4) is 0 Å². The molecule has 0 aliphatic carbocycles. The summed E-state index contributed by atoms with van der Waals surface area (Å²) in [6, 6.07) is 1.78. The van der Waals surface area contributed by atoms with Gasteiger partial charge in [0.2, 0.25) is 5.91 Å². The summed E-state index contributed by atoms with van der Waals surface area (Å²) in [4.78, 5) is 26.9. The molecule has 2 aromatic heterocycles. The van der Waals surface area contributed by atoms with Crippen molar-refractivity contribution < 1.29 is 9.59 Å². The van der Waals surface area contributed by atoms with Crippen LogP contribution in [0, 0.1) is 6.92 Å². The van der Waals surface area contributed by atoms with Crippen LogP contribution in [-0.4, -0.2) is 66.6 Å². The van der Waals surface area contributed by atoms with Gasteiger partial charge in [0.05, 0.1) is 12.4 Å². The van der Waals surface area contributed by atoms with Crippen LogP contribution in [-0.2, 0) is 11.8 Å². The number of likely N-dealkylation sites (N-methyl/N-ethyl adjacent to an activating group) is 1. The molecule has 9 nitrogen and oxygen atoms in total. The maximum absolute atomic E-state index is 12.4. The van der Waals surface area contributed by atoms with Crippen molar-refractivity contribution in [3.63, 3.8) is 0 Å². The van der Waals surface area contributed by atoms with Crippen LogP contribution >= 0.6 is 0 Å². The van der Waals surface area contributed by atoms with E-state index < -0.39 is 0 Å². The predicted octanol–water partition coefficient (Wildman–Crippen LogP) is -0.819. The topological polar surface area (TPSA) is 89.2 Å². The van der Waals surface area contributed by atoms with Gasteiger partial charge in [0.15, 0.2) is 11.5 Å². The Bertz CT molecular complexity index is 717. The fourth-order valence-electron chi connectivity index (χ4n) is 2.21. The molecule has 0 saturated carbocycles. The van der Waals surface area contributed by atoms with Gasteiger partial charge in [-0.2, -0.15) is 9.78 Å². The number of nitrogens with zero attached hydrogens (tertiary/aromatic N) is 7. The minimum absolute atomic E-state index is 0.0746. The van der Waals surface area contributed by atoms with Crippen molar-refractivity contribution in [1.82, 2.24) is 34.6 Å². The van der Waals surface area contributed by atoms with Crippen molar-refractivity contribution in [2.45, 2.75) is 6.92 Å². The van der Waals surface area contributed by atoms with Crippen LogP contribution in [0.1, 0.15) is 16.2 Å². The predicted molar refractivity (Wildman–Crippen MR) is 71.5 cm³/mol. The summed E-state index contributed by atoms with van der Waals surface area (Å²) >= 11 is 0. The minimum atomic E-state index is -0.299. The fraction of sp³-hybridized carbons (Fsp3) is 0.417. The van der Waals surface area contributed by atoms with E-state index in [0.717, 1.165) is 0 Å². The molecule has 21 heavy (non-hydrogen) atoms. The third-order valence-corrected chi connectivity index (χ3v) is 3.44. The molecule has 1 saturated heterocycles. The maximum Gasteiger partial charge on any atom is 0.278 e. The highest BCUT2D eigenvalue weighted by Gasteiger charge is 2.31. The summed E-state index contributed by atoms with van der Waals surface area (Å²) in [7, 11) is 3.46. The highest BCUT2D eigenvalue weighted by atomic mass is 16.2. The van der Waals surface area contributed by atoms with E-state index in [-0.39, 0.29) is 30.7 Å². The molecular weight excluding hydrogens is 274 g/mol. The molecule has 2 aromatic rings. The van der Waals surface area contributed by atoms with E-state index in [0.29, 0.717) is 11.5 Å². The number of aryl methyl sites for hydroxylation is 1. The first-order valence-corrected chi connectivity index (χ1v) is 6.43. The molecule has 1 aliphatic heterocycles. The molecule has 0 aromatic carbocycles. The Balaban J connectivity index is 1.89. The van der Waals surface area contributed by atoms with Crippen molar-refractivity contribution >= 4 is 11.8 Å². The molecule has 0 bridgehead atoms. The molecule has 0 atom stereocenters. The van der Waals surface area contributed by atoms with Crippen LogP contribution in [0.4, 0.5) is 0 Å². The number of aromatic nitrogens is 5. The van der Waals surface area contributed by atoms with E-state index in [1.165, 1.54) is 14.5 Å². The Labute approximate surface area is 120 Å². The van der Waals surface area contributed by atoms with Crippen molar-refractivity contribution in [2.24, 2.45) is 7.05 Å². The second-order valence-corrected chi connectivity index (χ2v) is 5.02. The van der Waals surface area contributed by atoms with Crippen LogP contribution < -0.4 is 0 Å². The number of amides is 2. The third-order valence-electron chi connectivity index (χ3n) is 3.44. The van der Waals surface area contributed by atoms with Crippen LogP contribution in [0.25, 0.3) is 5.82 Å². The van der Waals surface area contributed by atoms with Gasteiger partial charge >= 0.3 is 0 Å². The van der Waals surface area contributed by atoms with Gasteiger partial charge in [-0.1, -0.05) is 5.21 Å². The smallest absolute Gasteiger partial charge is 0.278 e. The molecule has 3 heterocycles. The standard InChI is InChI=1S/C12H15N7O2/c1-8-11(12(21)18-6-10(20)16(2)7-18)13-15-19(8)9-4-5-17(3)14-9/h4-5H,6-7H2,1-3H3. The lowest BCUT2D eigenvalue weighted by molar-refractivity contribution is -0.125. The summed E-state index contributed by atoms with van der Waals surface area (Å²) in [6.45, 7) is 2.10. The van der Waals surface area contributed by atoms with E-state index in [4.69, 9.17) is 0 Å². The number of rotatable bonds is 2. The molecule has 110 valence electrons. The molecule has 1 fully saturated rings. The summed E-state index contributed by atoms with van der Waals surface area (Å²) in [5.74, 6) is 0.210. The Kier molecular flexibility index (Phi) is 2.96. The lowest BCUT2D eigenvalue weighted by Crippen LogP contribution is -2.31. The van der Waals surface area contributed by atoms with Gasteiger partial charge in [-0.15, -0.1) is 5.10 Å². The lowest BCUT2D eigenvalue weighted by atomic mass is 10.3. The maximum atomic E-state index is 12.4. The highest BCUT2D eigenvalue weighted by Crippen LogP contribution is 2.14. The Morgan fingerprint density at radius 3 is 2.67 bits per heavy atom. The van der Waals surface area contributed by atoms with Gasteiger partial charge < -0.3 is 9.80 Å². The van der Waals surface area contributed by atoms with Gasteiger partial charge in [0, 0.05) is 26.4 Å². The second kappa shape index (κ2) is 4.69. The van der Waals surface area contributed by atoms with Crippen LogP contribution in [0.2, 0.25) is 0 Å². The molecule has 0 radical (unpaired) electrons. The number of carbonyl (C=O) groups excluding carboxylic acids is 2. The molecular formula is C12H15N7O2. The van der Waals surface area contributed by atoms with Crippen molar-refractivity contribution in [3.8, 4) is 5.82 Å². The first-order valence-electron chi connectivity index (χ1n) is 6.43. The zero-order valence-electron chi connectivity index (χ0n) is 12.0. The summed E-state index contributed by atoms with van der Waals surface area (Å²) in [5.41, 5.74) is 0.837. The van der Waals surface area contributed by atoms with Gasteiger partial charge in [-0.05, 0) is 6.92 Å². The summed E-state index contributed by atoms with van der Waals surface area (Å²) in [5, 5.41) is 12.1. The second-order valence-electron chi connectivity index (χ2n) is 5.02. The molecule has 2 amide bonds. The van der Waals surface area contributed by atoms with E-state index in [9.17, 15) is 9.59 Å². The third kappa shape index (κ3) is 2.16. The quantitative estimate of drug-likeness (QED) is 0.720. The largest absolute Gasteiger partial charge is 0.326 e. The molecule has 0 N–H and O–H groups in total. The Hall–Kier alpha value is -2.71. The molecule has 9 heteroatoms. The van der Waals surface area contributed by atoms with Crippen LogP contribution in [0.5, 0.6) is 0 Å². The molecule has 0 spiro atoms. The average Bonchev–Trinajstić information content (AvgIpc) is 3.10. The van der Waals surface area contributed by atoms with Crippen molar-refractivity contribution in [1.29, 1.82) is 0 Å². The lowest BCUT2D eigenvalue weighted by Gasteiger charge is -2.13. The zero-order chi connectivity index (χ0) is 15.1. The summed E-state index contributed by atoms with van der Waals surface area (Å²) < 4.78 is 3.15. The molecule has 3 rings (SSSR count). The zero-order valence-corrected chi connectivity index (χ0v) is 12.0. The number of hydrogen-bond acceptors (Lipinski definition) is 5. The monoisotopic (exact) mass is 289 g/mol.